The van der Waals surface area contributed by atoms with E-state index in [-0.39, 0.29) is 11.3 Å². The normalized spacial score (nSPS) is 11.4. The summed E-state index contributed by atoms with van der Waals surface area (Å²) >= 11 is 12.7. The Kier molecular flexibility index (Phi) is 6.15. The first-order valence-corrected chi connectivity index (χ1v) is 7.93. The maximum Gasteiger partial charge on any atom is 0.251 e. The summed E-state index contributed by atoms with van der Waals surface area (Å²) in [5, 5.41) is 4.42. The third-order valence-electron chi connectivity index (χ3n) is 2.62. The molecule has 2 nitrogen and oxygen atoms in total. The molecule has 1 aromatic rings. The van der Waals surface area contributed by atoms with Gasteiger partial charge in [0.1, 0.15) is 0 Å². The van der Waals surface area contributed by atoms with Gasteiger partial charge in [-0.05, 0) is 30.0 Å². The summed E-state index contributed by atoms with van der Waals surface area (Å²) in [6, 6.07) is 5.19. The summed E-state index contributed by atoms with van der Waals surface area (Å²) < 4.78 is 0.805. The number of amides is 1. The van der Waals surface area contributed by atoms with Crippen LogP contribution in [0, 0.1) is 5.41 Å². The summed E-state index contributed by atoms with van der Waals surface area (Å²) in [5.74, 6) is -0.0964. The Morgan fingerprint density at radius 3 is 2.61 bits per heavy atom. The summed E-state index contributed by atoms with van der Waals surface area (Å²) in [6.45, 7) is 4.90. The largest absolute Gasteiger partial charge is 0.352 e. The van der Waals surface area contributed by atoms with Crippen LogP contribution in [0.3, 0.4) is 0 Å². The lowest BCUT2D eigenvalue weighted by atomic mass is 9.90. The van der Waals surface area contributed by atoms with Crippen LogP contribution in [0.15, 0.2) is 22.7 Å². The Bertz CT molecular complexity index is 415. The maximum absolute atomic E-state index is 12.0. The molecule has 0 saturated heterocycles. The zero-order valence-electron chi connectivity index (χ0n) is 10.4. The molecule has 0 spiro atoms. The summed E-state index contributed by atoms with van der Waals surface area (Å²) in [5.41, 5.74) is 0.652. The lowest BCUT2D eigenvalue weighted by molar-refractivity contribution is 0.0936. The summed E-state index contributed by atoms with van der Waals surface area (Å²) in [7, 11) is 0. The van der Waals surface area contributed by atoms with Gasteiger partial charge in [-0.2, -0.15) is 0 Å². The van der Waals surface area contributed by atoms with Crippen molar-refractivity contribution in [2.75, 3.05) is 11.9 Å². The fourth-order valence-electron chi connectivity index (χ4n) is 1.45. The minimum atomic E-state index is -0.0964. The predicted octanol–water partition coefficient (Wildman–Crippen LogP) is 4.64. The van der Waals surface area contributed by atoms with Crippen LogP contribution in [0.5, 0.6) is 0 Å². The van der Waals surface area contributed by atoms with Crippen molar-refractivity contribution in [3.8, 4) is 0 Å². The van der Waals surface area contributed by atoms with E-state index in [0.29, 0.717) is 17.1 Å². The molecule has 0 heterocycles. The number of alkyl halides is 1. The molecule has 1 rings (SSSR count). The highest BCUT2D eigenvalue weighted by Gasteiger charge is 2.18. The number of halogens is 3. The second kappa shape index (κ2) is 6.92. The molecule has 0 saturated carbocycles. The predicted molar refractivity (Wildman–Crippen MR) is 83.7 cm³/mol. The molecule has 1 amide bonds. The fourth-order valence-corrected chi connectivity index (χ4v) is 3.38. The number of hydrogen-bond acceptors (Lipinski definition) is 1. The van der Waals surface area contributed by atoms with Gasteiger partial charge in [-0.1, -0.05) is 57.3 Å². The molecule has 0 radical (unpaired) electrons. The SMILES string of the molecule is CC(C)(CCBr)CNC(=O)c1cc(Cl)cc(Br)c1. The van der Waals surface area contributed by atoms with Crippen molar-refractivity contribution >= 4 is 49.4 Å². The van der Waals surface area contributed by atoms with Crippen LogP contribution in [-0.2, 0) is 0 Å². The molecule has 0 unspecified atom stereocenters. The van der Waals surface area contributed by atoms with Crippen LogP contribution in [0.25, 0.3) is 0 Å². The Hall–Kier alpha value is -0.0600. The van der Waals surface area contributed by atoms with Crippen LogP contribution in [0.4, 0.5) is 0 Å². The van der Waals surface area contributed by atoms with E-state index < -0.39 is 0 Å². The number of carbonyl (C=O) groups excluding carboxylic acids is 1. The van der Waals surface area contributed by atoms with Crippen molar-refractivity contribution < 1.29 is 4.79 Å². The van der Waals surface area contributed by atoms with Crippen LogP contribution in [-0.4, -0.2) is 17.8 Å². The molecular formula is C13H16Br2ClNO. The first kappa shape index (κ1) is 16.0. The molecular weight excluding hydrogens is 381 g/mol. The van der Waals surface area contributed by atoms with Crippen LogP contribution in [0.2, 0.25) is 5.02 Å². The van der Waals surface area contributed by atoms with Gasteiger partial charge in [0.25, 0.3) is 5.91 Å². The molecule has 0 aromatic heterocycles. The van der Waals surface area contributed by atoms with E-state index in [1.54, 1.807) is 18.2 Å². The third kappa shape index (κ3) is 5.29. The Morgan fingerprint density at radius 1 is 1.39 bits per heavy atom. The fraction of sp³-hybridized carbons (Fsp3) is 0.462. The average Bonchev–Trinajstić information content (AvgIpc) is 2.24. The molecule has 0 aliphatic heterocycles. The third-order valence-corrected chi connectivity index (χ3v) is 3.70. The van der Waals surface area contributed by atoms with Crippen molar-refractivity contribution in [3.05, 3.63) is 33.3 Å². The van der Waals surface area contributed by atoms with Crippen molar-refractivity contribution in [2.45, 2.75) is 20.3 Å². The van der Waals surface area contributed by atoms with Gasteiger partial charge in [-0.15, -0.1) is 0 Å². The first-order valence-electron chi connectivity index (χ1n) is 5.64. The van der Waals surface area contributed by atoms with Gasteiger partial charge < -0.3 is 5.32 Å². The van der Waals surface area contributed by atoms with Crippen molar-refractivity contribution in [1.82, 2.24) is 5.32 Å². The van der Waals surface area contributed by atoms with E-state index in [1.165, 1.54) is 0 Å². The molecule has 0 atom stereocenters. The lowest BCUT2D eigenvalue weighted by Crippen LogP contribution is -2.34. The van der Waals surface area contributed by atoms with Gasteiger partial charge >= 0.3 is 0 Å². The molecule has 100 valence electrons. The van der Waals surface area contributed by atoms with Gasteiger partial charge in [0.2, 0.25) is 0 Å². The number of carbonyl (C=O) groups is 1. The van der Waals surface area contributed by atoms with Gasteiger partial charge in [-0.25, -0.2) is 0 Å². The van der Waals surface area contributed by atoms with Crippen molar-refractivity contribution in [2.24, 2.45) is 5.41 Å². The van der Waals surface area contributed by atoms with Crippen molar-refractivity contribution in [3.63, 3.8) is 0 Å². The Labute approximate surface area is 130 Å². The first-order chi connectivity index (χ1) is 8.34. The molecule has 5 heteroatoms. The van der Waals surface area contributed by atoms with E-state index in [4.69, 9.17) is 11.6 Å². The van der Waals surface area contributed by atoms with Crippen molar-refractivity contribution in [1.29, 1.82) is 0 Å². The second-order valence-electron chi connectivity index (χ2n) is 4.94. The van der Waals surface area contributed by atoms with Gasteiger partial charge in [0, 0.05) is 26.9 Å². The smallest absolute Gasteiger partial charge is 0.251 e. The summed E-state index contributed by atoms with van der Waals surface area (Å²) in [6.07, 6.45) is 1.01. The van der Waals surface area contributed by atoms with Crippen LogP contribution in [0.1, 0.15) is 30.6 Å². The molecule has 0 aliphatic carbocycles. The molecule has 1 aromatic carbocycles. The highest BCUT2D eigenvalue weighted by Crippen LogP contribution is 2.22. The topological polar surface area (TPSA) is 29.1 Å². The van der Waals surface area contributed by atoms with Gasteiger partial charge in [0.05, 0.1) is 0 Å². The minimum Gasteiger partial charge on any atom is -0.352 e. The Balaban J connectivity index is 2.66. The van der Waals surface area contributed by atoms with E-state index in [1.807, 2.05) is 0 Å². The van der Waals surface area contributed by atoms with E-state index >= 15 is 0 Å². The number of nitrogens with one attached hydrogen (secondary N) is 1. The number of hydrogen-bond donors (Lipinski definition) is 1. The minimum absolute atomic E-state index is 0.0783. The van der Waals surface area contributed by atoms with Gasteiger partial charge in [0.15, 0.2) is 0 Å². The average molecular weight is 398 g/mol. The zero-order valence-corrected chi connectivity index (χ0v) is 14.3. The molecule has 0 aliphatic rings. The van der Waals surface area contributed by atoms with E-state index in [9.17, 15) is 4.79 Å². The van der Waals surface area contributed by atoms with Crippen LogP contribution < -0.4 is 5.32 Å². The molecule has 0 bridgehead atoms. The van der Waals surface area contributed by atoms with Crippen LogP contribution >= 0.6 is 43.5 Å². The molecule has 0 fully saturated rings. The van der Waals surface area contributed by atoms with E-state index in [2.05, 4.69) is 51.0 Å². The van der Waals surface area contributed by atoms with E-state index in [0.717, 1.165) is 16.2 Å². The number of rotatable bonds is 5. The molecule has 18 heavy (non-hydrogen) atoms. The highest BCUT2D eigenvalue weighted by molar-refractivity contribution is 9.10. The second-order valence-corrected chi connectivity index (χ2v) is 7.09. The zero-order chi connectivity index (χ0) is 13.8. The monoisotopic (exact) mass is 395 g/mol. The lowest BCUT2D eigenvalue weighted by Gasteiger charge is -2.23. The highest BCUT2D eigenvalue weighted by atomic mass is 79.9. The quantitative estimate of drug-likeness (QED) is 0.721. The maximum atomic E-state index is 12.0. The Morgan fingerprint density at radius 2 is 2.06 bits per heavy atom. The summed E-state index contributed by atoms with van der Waals surface area (Å²) in [4.78, 5) is 12.0. The number of benzene rings is 1. The van der Waals surface area contributed by atoms with Gasteiger partial charge in [-0.3, -0.25) is 4.79 Å². The molecule has 1 N–H and O–H groups in total. The standard InChI is InChI=1S/C13H16Br2ClNO/c1-13(2,3-4-14)8-17-12(18)9-5-10(15)7-11(16)6-9/h5-7H,3-4,8H2,1-2H3,(H,17,18).